The highest BCUT2D eigenvalue weighted by Crippen LogP contribution is 1.98. The number of hydroxylamine groups is 1. The van der Waals surface area contributed by atoms with Gasteiger partial charge in [-0.1, -0.05) is 13.0 Å². The van der Waals surface area contributed by atoms with Crippen LogP contribution in [-0.4, -0.2) is 8.32 Å². The fourth-order valence-electron chi connectivity index (χ4n) is 0.377. The first-order valence-corrected chi connectivity index (χ1v) is 7.05. The molecular weight excluding hydrogens is 142 g/mol. The lowest BCUT2D eigenvalue weighted by molar-refractivity contribution is 0.234. The van der Waals surface area contributed by atoms with E-state index in [1.54, 1.807) is 0 Å². The van der Waals surface area contributed by atoms with Crippen LogP contribution in [0.3, 0.4) is 0 Å². The van der Waals surface area contributed by atoms with Crippen molar-refractivity contribution in [2.45, 2.75) is 33.0 Å². The highest BCUT2D eigenvalue weighted by molar-refractivity contribution is 6.69. The average molecular weight is 159 g/mol. The summed E-state index contributed by atoms with van der Waals surface area (Å²) in [5, 5.41) is 0. The summed E-state index contributed by atoms with van der Waals surface area (Å²) in [7, 11) is -1.37. The molecular formula is C7H17NOSi. The molecule has 0 rings (SSSR count). The Morgan fingerprint density at radius 3 is 2.40 bits per heavy atom. The van der Waals surface area contributed by atoms with Crippen LogP contribution in [0.4, 0.5) is 0 Å². The quantitative estimate of drug-likeness (QED) is 0.502. The third-order valence-corrected chi connectivity index (χ3v) is 1.52. The molecule has 0 aliphatic rings. The molecule has 0 bridgehead atoms. The number of allylic oxidation sites excluding steroid dienone is 1. The van der Waals surface area contributed by atoms with Crippen LogP contribution in [0.15, 0.2) is 12.3 Å². The topological polar surface area (TPSA) is 21.3 Å². The normalized spacial score (nSPS) is 12.4. The van der Waals surface area contributed by atoms with Gasteiger partial charge in [0.15, 0.2) is 0 Å². The van der Waals surface area contributed by atoms with Crippen LogP contribution in [-0.2, 0) is 4.53 Å². The van der Waals surface area contributed by atoms with E-state index in [4.69, 9.17) is 4.53 Å². The molecule has 0 aromatic heterocycles. The van der Waals surface area contributed by atoms with Crippen molar-refractivity contribution in [3.05, 3.63) is 12.3 Å². The van der Waals surface area contributed by atoms with E-state index in [0.29, 0.717) is 0 Å². The van der Waals surface area contributed by atoms with Crippen LogP contribution < -0.4 is 5.48 Å². The van der Waals surface area contributed by atoms with E-state index >= 15 is 0 Å². The average Bonchev–Trinajstić information content (AvgIpc) is 1.78. The number of rotatable bonds is 4. The summed E-state index contributed by atoms with van der Waals surface area (Å²) in [5.41, 5.74) is 2.81. The molecule has 0 heterocycles. The maximum Gasteiger partial charge on any atom is 0.220 e. The van der Waals surface area contributed by atoms with E-state index in [-0.39, 0.29) is 0 Å². The Hall–Kier alpha value is -0.283. The van der Waals surface area contributed by atoms with Gasteiger partial charge in [0.05, 0.1) is 0 Å². The van der Waals surface area contributed by atoms with Gasteiger partial charge in [0.2, 0.25) is 8.32 Å². The Labute approximate surface area is 64.4 Å². The van der Waals surface area contributed by atoms with Gasteiger partial charge < -0.3 is 4.53 Å². The lowest BCUT2D eigenvalue weighted by atomic mass is 10.5. The lowest BCUT2D eigenvalue weighted by Crippen LogP contribution is -2.30. The number of hydrogen-bond donors (Lipinski definition) is 1. The fraction of sp³-hybridized carbons (Fsp3) is 0.714. The van der Waals surface area contributed by atoms with E-state index in [1.165, 1.54) is 0 Å². The zero-order valence-corrected chi connectivity index (χ0v) is 8.27. The fourth-order valence-corrected chi connectivity index (χ4v) is 0.798. The van der Waals surface area contributed by atoms with Crippen LogP contribution in [0, 0.1) is 0 Å². The first kappa shape index (κ1) is 9.72. The van der Waals surface area contributed by atoms with Crippen LogP contribution in [0.5, 0.6) is 0 Å². The molecule has 0 aliphatic heterocycles. The van der Waals surface area contributed by atoms with Gasteiger partial charge in [0.25, 0.3) is 0 Å². The maximum atomic E-state index is 5.33. The van der Waals surface area contributed by atoms with Crippen molar-refractivity contribution in [1.29, 1.82) is 0 Å². The molecule has 0 unspecified atom stereocenters. The maximum absolute atomic E-state index is 5.33. The van der Waals surface area contributed by atoms with Gasteiger partial charge in [0.1, 0.15) is 0 Å². The van der Waals surface area contributed by atoms with Crippen molar-refractivity contribution in [2.75, 3.05) is 0 Å². The molecule has 0 aromatic rings. The molecule has 0 atom stereocenters. The summed E-state index contributed by atoms with van der Waals surface area (Å²) in [6.45, 7) is 8.51. The van der Waals surface area contributed by atoms with Gasteiger partial charge in [-0.25, -0.2) is 0 Å². The minimum absolute atomic E-state index is 1.04. The van der Waals surface area contributed by atoms with Crippen LogP contribution >= 0.6 is 0 Å². The second-order valence-corrected chi connectivity index (χ2v) is 7.57. The first-order valence-electron chi connectivity index (χ1n) is 3.65. The van der Waals surface area contributed by atoms with E-state index in [0.717, 1.165) is 6.42 Å². The van der Waals surface area contributed by atoms with Gasteiger partial charge in [-0.3, -0.25) is 5.48 Å². The summed E-state index contributed by atoms with van der Waals surface area (Å²) in [4.78, 5) is 0. The minimum Gasteiger partial charge on any atom is -0.323 e. The first-order chi connectivity index (χ1) is 4.56. The van der Waals surface area contributed by atoms with Crippen molar-refractivity contribution in [3.63, 3.8) is 0 Å². The predicted octanol–water partition coefficient (Wildman–Crippen LogP) is 2.27. The Morgan fingerprint density at radius 2 is 2.00 bits per heavy atom. The molecule has 0 saturated carbocycles. The van der Waals surface area contributed by atoms with Crippen molar-refractivity contribution in [2.24, 2.45) is 0 Å². The van der Waals surface area contributed by atoms with Gasteiger partial charge in [-0.2, -0.15) is 0 Å². The van der Waals surface area contributed by atoms with E-state index in [1.807, 2.05) is 12.3 Å². The Morgan fingerprint density at radius 1 is 1.40 bits per heavy atom. The molecule has 1 N–H and O–H groups in total. The minimum atomic E-state index is -1.37. The van der Waals surface area contributed by atoms with E-state index < -0.39 is 8.32 Å². The molecule has 0 radical (unpaired) electrons. The van der Waals surface area contributed by atoms with Crippen molar-refractivity contribution in [1.82, 2.24) is 5.48 Å². The second-order valence-electron chi connectivity index (χ2n) is 3.14. The zero-order chi connectivity index (χ0) is 8.04. The number of nitrogens with one attached hydrogen (secondary N) is 1. The molecule has 0 amide bonds. The lowest BCUT2D eigenvalue weighted by Gasteiger charge is -2.15. The SMILES string of the molecule is CCC=CNO[Si](C)(C)C. The molecule has 0 fully saturated rings. The molecule has 2 nitrogen and oxygen atoms in total. The largest absolute Gasteiger partial charge is 0.323 e. The van der Waals surface area contributed by atoms with Gasteiger partial charge in [-0.15, -0.1) is 0 Å². The van der Waals surface area contributed by atoms with Gasteiger partial charge in [-0.05, 0) is 26.1 Å². The molecule has 0 aromatic carbocycles. The monoisotopic (exact) mass is 159 g/mol. The van der Waals surface area contributed by atoms with Crippen molar-refractivity contribution < 1.29 is 4.53 Å². The van der Waals surface area contributed by atoms with Crippen LogP contribution in [0.2, 0.25) is 19.6 Å². The summed E-state index contributed by atoms with van der Waals surface area (Å²) in [5.74, 6) is 0. The highest BCUT2D eigenvalue weighted by Gasteiger charge is 2.13. The summed E-state index contributed by atoms with van der Waals surface area (Å²) in [6, 6.07) is 0. The van der Waals surface area contributed by atoms with Gasteiger partial charge in [0, 0.05) is 6.20 Å². The second kappa shape index (κ2) is 4.52. The molecule has 0 aliphatic carbocycles. The Balaban J connectivity index is 3.28. The standard InChI is InChI=1S/C7H17NOSi/c1-5-6-7-8-9-10(2,3)4/h6-8H,5H2,1-4H3. The molecule has 0 saturated heterocycles. The Bertz CT molecular complexity index is 107. The van der Waals surface area contributed by atoms with E-state index in [9.17, 15) is 0 Å². The number of hydrogen-bond acceptors (Lipinski definition) is 2. The highest BCUT2D eigenvalue weighted by atomic mass is 28.4. The van der Waals surface area contributed by atoms with Crippen LogP contribution in [0.25, 0.3) is 0 Å². The summed E-state index contributed by atoms with van der Waals surface area (Å²) >= 11 is 0. The zero-order valence-electron chi connectivity index (χ0n) is 7.27. The Kier molecular flexibility index (Phi) is 4.39. The third-order valence-electron chi connectivity index (χ3n) is 0.787. The summed E-state index contributed by atoms with van der Waals surface area (Å²) < 4.78 is 5.33. The van der Waals surface area contributed by atoms with Crippen molar-refractivity contribution in [3.8, 4) is 0 Å². The predicted molar refractivity (Wildman–Crippen MR) is 47.0 cm³/mol. The molecule has 3 heteroatoms. The summed E-state index contributed by atoms with van der Waals surface area (Å²) in [6.07, 6.45) is 4.92. The van der Waals surface area contributed by atoms with Gasteiger partial charge >= 0.3 is 0 Å². The van der Waals surface area contributed by atoms with Crippen LogP contribution in [0.1, 0.15) is 13.3 Å². The van der Waals surface area contributed by atoms with Crippen molar-refractivity contribution >= 4 is 8.32 Å². The third kappa shape index (κ3) is 7.72. The van der Waals surface area contributed by atoms with E-state index in [2.05, 4.69) is 32.0 Å². The molecule has 10 heavy (non-hydrogen) atoms. The molecule has 60 valence electrons. The smallest absolute Gasteiger partial charge is 0.220 e. The molecule has 0 spiro atoms.